The molecule has 2 aromatic carbocycles. The van der Waals surface area contributed by atoms with Gasteiger partial charge in [0.05, 0.1) is 12.6 Å². The van der Waals surface area contributed by atoms with Gasteiger partial charge in [0.25, 0.3) is 0 Å². The van der Waals surface area contributed by atoms with Crippen LogP contribution < -0.4 is 5.32 Å². The first kappa shape index (κ1) is 27.2. The lowest BCUT2D eigenvalue weighted by Gasteiger charge is -2.26. The van der Waals surface area contributed by atoms with Crippen molar-refractivity contribution in [2.24, 2.45) is 0 Å². The zero-order valence-electron chi connectivity index (χ0n) is 21.3. The Hall–Kier alpha value is -3.39. The molecule has 1 unspecified atom stereocenters. The molecule has 0 radical (unpaired) electrons. The van der Waals surface area contributed by atoms with E-state index in [2.05, 4.69) is 5.32 Å². The van der Waals surface area contributed by atoms with Crippen molar-refractivity contribution < 1.29 is 28.6 Å². The number of benzene rings is 2. The number of esters is 1. The first-order valence-corrected chi connectivity index (χ1v) is 12.3. The van der Waals surface area contributed by atoms with Gasteiger partial charge in [-0.15, -0.1) is 0 Å². The Morgan fingerprint density at radius 1 is 1.00 bits per heavy atom. The highest BCUT2D eigenvalue weighted by Crippen LogP contribution is 2.20. The molecule has 2 aromatic rings. The van der Waals surface area contributed by atoms with Crippen LogP contribution in [0.3, 0.4) is 0 Å². The molecule has 0 aromatic heterocycles. The van der Waals surface area contributed by atoms with Crippen LogP contribution in [0, 0.1) is 0 Å². The number of rotatable bonds is 10. The summed E-state index contributed by atoms with van der Waals surface area (Å²) in [7, 11) is 0. The van der Waals surface area contributed by atoms with E-state index in [0.29, 0.717) is 19.4 Å². The molecule has 36 heavy (non-hydrogen) atoms. The van der Waals surface area contributed by atoms with Gasteiger partial charge < -0.3 is 19.5 Å². The first-order valence-electron chi connectivity index (χ1n) is 12.3. The van der Waals surface area contributed by atoms with Gasteiger partial charge in [-0.05, 0) is 51.2 Å². The highest BCUT2D eigenvalue weighted by Gasteiger charge is 2.36. The van der Waals surface area contributed by atoms with E-state index >= 15 is 0 Å². The zero-order valence-corrected chi connectivity index (χ0v) is 21.3. The maximum Gasteiger partial charge on any atom is 0.410 e. The van der Waals surface area contributed by atoms with E-state index in [1.54, 1.807) is 20.8 Å². The number of nitrogens with zero attached hydrogens (tertiary/aromatic N) is 1. The summed E-state index contributed by atoms with van der Waals surface area (Å²) in [6, 6.07) is 18.1. The number of carbonyl (C=O) groups excluding carboxylic acids is 3. The Labute approximate surface area is 212 Å². The molecular weight excluding hydrogens is 460 g/mol. The van der Waals surface area contributed by atoms with Crippen LogP contribution >= 0.6 is 0 Å². The number of hydrogen-bond acceptors (Lipinski definition) is 6. The Kier molecular flexibility index (Phi) is 9.87. The zero-order chi connectivity index (χ0) is 26.0. The second-order valence-electron chi connectivity index (χ2n) is 9.89. The van der Waals surface area contributed by atoms with Gasteiger partial charge in [0.2, 0.25) is 5.91 Å². The quantitative estimate of drug-likeness (QED) is 0.502. The topological polar surface area (TPSA) is 94.2 Å². The first-order chi connectivity index (χ1) is 17.2. The molecule has 1 aliphatic rings. The maximum atomic E-state index is 13.2. The van der Waals surface area contributed by atoms with Crippen molar-refractivity contribution in [3.8, 4) is 0 Å². The van der Waals surface area contributed by atoms with Crippen molar-refractivity contribution in [2.45, 2.75) is 64.3 Å². The molecule has 0 spiro atoms. The molecule has 2 atom stereocenters. The van der Waals surface area contributed by atoms with Gasteiger partial charge in [-0.25, -0.2) is 9.59 Å². The van der Waals surface area contributed by atoms with E-state index in [0.717, 1.165) is 17.5 Å². The second kappa shape index (κ2) is 13.1. The van der Waals surface area contributed by atoms with Crippen molar-refractivity contribution in [1.82, 2.24) is 10.2 Å². The van der Waals surface area contributed by atoms with Gasteiger partial charge in [0.15, 0.2) is 0 Å². The Morgan fingerprint density at radius 3 is 2.28 bits per heavy atom. The van der Waals surface area contributed by atoms with Crippen LogP contribution in [0.1, 0.15) is 44.7 Å². The number of carbonyl (C=O) groups is 3. The minimum Gasteiger partial charge on any atom is -0.458 e. The summed E-state index contributed by atoms with van der Waals surface area (Å²) < 4.78 is 16.3. The van der Waals surface area contributed by atoms with Gasteiger partial charge in [-0.2, -0.15) is 0 Å². The number of hydrogen-bond donors (Lipinski definition) is 1. The third-order valence-electron chi connectivity index (χ3n) is 5.63. The molecule has 1 aliphatic heterocycles. The number of amides is 2. The maximum absolute atomic E-state index is 13.2. The third-order valence-corrected chi connectivity index (χ3v) is 5.63. The van der Waals surface area contributed by atoms with E-state index in [4.69, 9.17) is 14.2 Å². The molecule has 0 aliphatic carbocycles. The predicted molar refractivity (Wildman–Crippen MR) is 135 cm³/mol. The molecule has 3 rings (SSSR count). The molecule has 1 heterocycles. The van der Waals surface area contributed by atoms with Crippen LogP contribution in [0.4, 0.5) is 4.79 Å². The summed E-state index contributed by atoms with van der Waals surface area (Å²) in [4.78, 5) is 39.4. The fourth-order valence-electron chi connectivity index (χ4n) is 4.06. The van der Waals surface area contributed by atoms with Crippen LogP contribution in [0.2, 0.25) is 0 Å². The average molecular weight is 497 g/mol. The van der Waals surface area contributed by atoms with Gasteiger partial charge in [-0.3, -0.25) is 9.69 Å². The van der Waals surface area contributed by atoms with Crippen LogP contribution in [-0.4, -0.2) is 60.3 Å². The normalized spacial score (nSPS) is 16.3. The minimum atomic E-state index is -0.614. The van der Waals surface area contributed by atoms with E-state index in [9.17, 15) is 14.4 Å². The van der Waals surface area contributed by atoms with Crippen molar-refractivity contribution >= 4 is 18.0 Å². The SMILES string of the molecule is CC(C)(C)OC(=O)COCC(Cc1ccccc1)NC(=O)[C@@H]1CCCN1C(=O)OCc1ccccc1. The van der Waals surface area contributed by atoms with Crippen LogP contribution in [0.5, 0.6) is 0 Å². The van der Waals surface area contributed by atoms with Crippen molar-refractivity contribution in [1.29, 1.82) is 0 Å². The summed E-state index contributed by atoms with van der Waals surface area (Å²) in [6.45, 7) is 5.92. The summed E-state index contributed by atoms with van der Waals surface area (Å²) in [5.74, 6) is -0.721. The Bertz CT molecular complexity index is 990. The summed E-state index contributed by atoms with van der Waals surface area (Å²) in [5.41, 5.74) is 1.31. The van der Waals surface area contributed by atoms with Gasteiger partial charge in [0.1, 0.15) is 24.9 Å². The standard InChI is InChI=1S/C28H36N2O6/c1-28(2,3)36-25(31)20-34-19-23(17-21-11-6-4-7-12-21)29-26(32)24-15-10-16-30(24)27(33)35-18-22-13-8-5-9-14-22/h4-9,11-14,23-24H,10,15-20H2,1-3H3,(H,29,32)/t23?,24-/m0/s1. The molecule has 2 amide bonds. The molecule has 0 bridgehead atoms. The van der Waals surface area contributed by atoms with E-state index in [1.807, 2.05) is 60.7 Å². The van der Waals surface area contributed by atoms with E-state index in [-0.39, 0.29) is 31.8 Å². The predicted octanol–water partition coefficient (Wildman–Crippen LogP) is 3.87. The molecule has 194 valence electrons. The van der Waals surface area contributed by atoms with Crippen molar-refractivity contribution in [3.63, 3.8) is 0 Å². The van der Waals surface area contributed by atoms with Crippen LogP contribution in [-0.2, 0) is 36.8 Å². The fraction of sp³-hybridized carbons (Fsp3) is 0.464. The number of nitrogens with one attached hydrogen (secondary N) is 1. The number of ether oxygens (including phenoxy) is 3. The van der Waals surface area contributed by atoms with Gasteiger partial charge >= 0.3 is 12.1 Å². The Balaban J connectivity index is 1.58. The van der Waals surface area contributed by atoms with Crippen molar-refractivity contribution in [3.05, 3.63) is 71.8 Å². The molecule has 8 nitrogen and oxygen atoms in total. The Morgan fingerprint density at radius 2 is 1.64 bits per heavy atom. The van der Waals surface area contributed by atoms with Crippen LogP contribution in [0.25, 0.3) is 0 Å². The molecule has 8 heteroatoms. The highest BCUT2D eigenvalue weighted by atomic mass is 16.6. The monoisotopic (exact) mass is 496 g/mol. The second-order valence-corrected chi connectivity index (χ2v) is 9.89. The molecule has 1 saturated heterocycles. The lowest BCUT2D eigenvalue weighted by Crippen LogP contribution is -2.50. The summed E-state index contributed by atoms with van der Waals surface area (Å²) in [5, 5.41) is 3.02. The highest BCUT2D eigenvalue weighted by molar-refractivity contribution is 5.86. The average Bonchev–Trinajstić information content (AvgIpc) is 3.33. The molecule has 1 fully saturated rings. The minimum absolute atomic E-state index is 0.130. The molecular formula is C28H36N2O6. The number of likely N-dealkylation sites (tertiary alicyclic amines) is 1. The van der Waals surface area contributed by atoms with E-state index in [1.165, 1.54) is 4.90 Å². The summed E-state index contributed by atoms with van der Waals surface area (Å²) in [6.07, 6.45) is 1.30. The lowest BCUT2D eigenvalue weighted by molar-refractivity contribution is -0.160. The van der Waals surface area contributed by atoms with E-state index < -0.39 is 23.7 Å². The largest absolute Gasteiger partial charge is 0.458 e. The van der Waals surface area contributed by atoms with Crippen LogP contribution in [0.15, 0.2) is 60.7 Å². The molecule has 1 N–H and O–H groups in total. The lowest BCUT2D eigenvalue weighted by atomic mass is 10.1. The van der Waals surface area contributed by atoms with Gasteiger partial charge in [-0.1, -0.05) is 60.7 Å². The smallest absolute Gasteiger partial charge is 0.410 e. The third kappa shape index (κ3) is 9.00. The summed E-state index contributed by atoms with van der Waals surface area (Å²) >= 11 is 0. The molecule has 0 saturated carbocycles. The van der Waals surface area contributed by atoms with Crippen molar-refractivity contribution in [2.75, 3.05) is 19.8 Å². The fourth-order valence-corrected chi connectivity index (χ4v) is 4.06. The van der Waals surface area contributed by atoms with Gasteiger partial charge in [0, 0.05) is 6.54 Å².